The van der Waals surface area contributed by atoms with E-state index in [1.54, 1.807) is 25.4 Å². The summed E-state index contributed by atoms with van der Waals surface area (Å²) >= 11 is 0. The fourth-order valence-electron chi connectivity index (χ4n) is 1.44. The molecule has 1 aromatic heterocycles. The van der Waals surface area contributed by atoms with Crippen LogP contribution < -0.4 is 9.98 Å². The number of benzene rings is 1. The number of hydrogen-bond acceptors (Lipinski definition) is 5. The Hall–Kier alpha value is -2.25. The second kappa shape index (κ2) is 5.81. The predicted molar refractivity (Wildman–Crippen MR) is 74.9 cm³/mol. The number of primary sulfonamides is 1. The van der Waals surface area contributed by atoms with E-state index in [1.165, 1.54) is 24.3 Å². The van der Waals surface area contributed by atoms with Gasteiger partial charge in [-0.3, -0.25) is 4.98 Å². The number of pyridine rings is 1. The summed E-state index contributed by atoms with van der Waals surface area (Å²) in [6.45, 7) is 1.79. The highest BCUT2D eigenvalue weighted by molar-refractivity contribution is 7.89. The molecule has 0 spiro atoms. The van der Waals surface area contributed by atoms with E-state index in [9.17, 15) is 8.42 Å². The summed E-state index contributed by atoms with van der Waals surface area (Å²) in [4.78, 5) is 9.22. The van der Waals surface area contributed by atoms with Gasteiger partial charge in [-0.15, -0.1) is 0 Å². The van der Waals surface area contributed by atoms with Gasteiger partial charge in [-0.1, -0.05) is 5.16 Å². The largest absolute Gasteiger partial charge is 0.357 e. The third-order valence-corrected chi connectivity index (χ3v) is 3.45. The number of nitrogens with zero attached hydrogens (tertiary/aromatic N) is 2. The van der Waals surface area contributed by atoms with E-state index in [-0.39, 0.29) is 4.90 Å². The lowest BCUT2D eigenvalue weighted by Gasteiger charge is -2.02. The van der Waals surface area contributed by atoms with Crippen molar-refractivity contribution in [3.05, 3.63) is 54.4 Å². The first kappa shape index (κ1) is 14.2. The highest BCUT2D eigenvalue weighted by Crippen LogP contribution is 2.15. The Bertz CT molecular complexity index is 710. The van der Waals surface area contributed by atoms with Crippen LogP contribution in [0.25, 0.3) is 0 Å². The molecule has 2 rings (SSSR count). The van der Waals surface area contributed by atoms with E-state index in [4.69, 9.17) is 9.98 Å². The third-order valence-electron chi connectivity index (χ3n) is 2.52. The zero-order valence-electron chi connectivity index (χ0n) is 10.7. The molecule has 7 heteroatoms. The van der Waals surface area contributed by atoms with Crippen LogP contribution in [0.4, 0.5) is 0 Å². The molecular weight excluding hydrogens is 278 g/mol. The predicted octanol–water partition coefficient (Wildman–Crippen LogP) is 1.53. The summed E-state index contributed by atoms with van der Waals surface area (Å²) in [6, 6.07) is 9.35. The monoisotopic (exact) mass is 291 g/mol. The maximum Gasteiger partial charge on any atom is 0.238 e. The number of rotatable bonds is 4. The van der Waals surface area contributed by atoms with E-state index in [2.05, 4.69) is 10.1 Å². The van der Waals surface area contributed by atoms with Gasteiger partial charge in [0.2, 0.25) is 10.0 Å². The molecule has 0 saturated heterocycles. The molecule has 2 N–H and O–H groups in total. The molecule has 0 aliphatic carbocycles. The summed E-state index contributed by atoms with van der Waals surface area (Å²) in [5.74, 6) is 0.417. The van der Waals surface area contributed by atoms with Crippen LogP contribution in [-0.4, -0.2) is 19.1 Å². The van der Waals surface area contributed by atoms with Gasteiger partial charge >= 0.3 is 0 Å². The number of sulfonamides is 1. The maximum atomic E-state index is 11.1. The lowest BCUT2D eigenvalue weighted by molar-refractivity contribution is 0.341. The van der Waals surface area contributed by atoms with E-state index in [0.717, 1.165) is 5.56 Å². The normalized spacial score (nSPS) is 12.2. The van der Waals surface area contributed by atoms with Gasteiger partial charge in [0.1, 0.15) is 0 Å². The van der Waals surface area contributed by atoms with Crippen LogP contribution in [0.1, 0.15) is 12.5 Å². The van der Waals surface area contributed by atoms with E-state index < -0.39 is 10.0 Å². The van der Waals surface area contributed by atoms with Crippen molar-refractivity contribution in [3.63, 3.8) is 0 Å². The van der Waals surface area contributed by atoms with Gasteiger partial charge in [-0.05, 0) is 43.3 Å². The second-order valence-corrected chi connectivity index (χ2v) is 5.59. The Labute approximate surface area is 117 Å². The standard InChI is InChI=1S/C13H13N3O3S/c1-10(11-3-2-8-15-9-11)16-19-12-4-6-13(7-5-12)20(14,17)18/h2-9H,1H3,(H2,14,17,18). The molecule has 0 aliphatic heterocycles. The number of nitrogens with two attached hydrogens (primary N) is 1. The molecular formula is C13H13N3O3S. The van der Waals surface area contributed by atoms with Gasteiger partial charge in [0.05, 0.1) is 10.6 Å². The molecule has 2 aromatic rings. The van der Waals surface area contributed by atoms with E-state index >= 15 is 0 Å². The average Bonchev–Trinajstić information content (AvgIpc) is 2.45. The van der Waals surface area contributed by atoms with E-state index in [1.807, 2.05) is 6.07 Å². The number of aromatic nitrogens is 1. The maximum absolute atomic E-state index is 11.1. The average molecular weight is 291 g/mol. The summed E-state index contributed by atoms with van der Waals surface area (Å²) < 4.78 is 22.2. The molecule has 0 unspecified atom stereocenters. The third kappa shape index (κ3) is 3.62. The first-order valence-electron chi connectivity index (χ1n) is 5.72. The first-order valence-corrected chi connectivity index (χ1v) is 7.26. The molecule has 1 aromatic carbocycles. The number of oxime groups is 1. The molecule has 0 bridgehead atoms. The molecule has 0 atom stereocenters. The molecule has 20 heavy (non-hydrogen) atoms. The Morgan fingerprint density at radius 1 is 1.25 bits per heavy atom. The van der Waals surface area contributed by atoms with Gasteiger partial charge in [0.15, 0.2) is 5.75 Å². The highest BCUT2D eigenvalue weighted by Gasteiger charge is 2.07. The van der Waals surface area contributed by atoms with Crippen LogP contribution >= 0.6 is 0 Å². The quantitative estimate of drug-likeness (QED) is 0.682. The number of hydrogen-bond donors (Lipinski definition) is 1. The zero-order valence-corrected chi connectivity index (χ0v) is 11.5. The van der Waals surface area contributed by atoms with Gasteiger partial charge in [0.25, 0.3) is 0 Å². The molecule has 0 radical (unpaired) electrons. The molecule has 0 saturated carbocycles. The Morgan fingerprint density at radius 3 is 2.50 bits per heavy atom. The van der Waals surface area contributed by atoms with Crippen LogP contribution in [0.3, 0.4) is 0 Å². The molecule has 0 aliphatic rings. The minimum absolute atomic E-state index is 0.0258. The van der Waals surface area contributed by atoms with Crippen LogP contribution in [-0.2, 0) is 10.0 Å². The van der Waals surface area contributed by atoms with Crippen LogP contribution in [0.15, 0.2) is 58.8 Å². The first-order chi connectivity index (χ1) is 9.47. The SMILES string of the molecule is CC(=NOc1ccc(S(N)(=O)=O)cc1)c1cccnc1. The van der Waals surface area contributed by atoms with Crippen LogP contribution in [0.2, 0.25) is 0 Å². The van der Waals surface area contributed by atoms with Crippen molar-refractivity contribution in [2.24, 2.45) is 10.3 Å². The van der Waals surface area contributed by atoms with E-state index in [0.29, 0.717) is 11.5 Å². The van der Waals surface area contributed by atoms with Crippen molar-refractivity contribution in [2.75, 3.05) is 0 Å². The summed E-state index contributed by atoms with van der Waals surface area (Å²) in [6.07, 6.45) is 3.34. The lowest BCUT2D eigenvalue weighted by atomic mass is 10.2. The molecule has 0 fully saturated rings. The van der Waals surface area contributed by atoms with Gasteiger partial charge in [-0.2, -0.15) is 0 Å². The lowest BCUT2D eigenvalue weighted by Crippen LogP contribution is -2.11. The van der Waals surface area contributed by atoms with Gasteiger partial charge in [-0.25, -0.2) is 13.6 Å². The summed E-state index contributed by atoms with van der Waals surface area (Å²) in [5, 5.41) is 8.95. The van der Waals surface area contributed by atoms with Crippen molar-refractivity contribution in [2.45, 2.75) is 11.8 Å². The van der Waals surface area contributed by atoms with Gasteiger partial charge in [0, 0.05) is 18.0 Å². The topological polar surface area (TPSA) is 94.6 Å². The van der Waals surface area contributed by atoms with Crippen molar-refractivity contribution >= 4 is 15.7 Å². The van der Waals surface area contributed by atoms with Crippen molar-refractivity contribution in [3.8, 4) is 5.75 Å². The Morgan fingerprint density at radius 2 is 1.95 bits per heavy atom. The Kier molecular flexibility index (Phi) is 4.11. The molecule has 104 valence electrons. The molecule has 0 amide bonds. The van der Waals surface area contributed by atoms with Crippen molar-refractivity contribution in [1.82, 2.24) is 4.98 Å². The van der Waals surface area contributed by atoms with Crippen molar-refractivity contribution in [1.29, 1.82) is 0 Å². The second-order valence-electron chi connectivity index (χ2n) is 4.03. The minimum Gasteiger partial charge on any atom is -0.357 e. The van der Waals surface area contributed by atoms with Gasteiger partial charge < -0.3 is 4.84 Å². The minimum atomic E-state index is -3.69. The Balaban J connectivity index is 2.12. The zero-order chi connectivity index (χ0) is 14.6. The van der Waals surface area contributed by atoms with Crippen molar-refractivity contribution < 1.29 is 13.3 Å². The summed E-state index contributed by atoms with van der Waals surface area (Å²) in [7, 11) is -3.69. The fourth-order valence-corrected chi connectivity index (χ4v) is 1.96. The smallest absolute Gasteiger partial charge is 0.238 e. The van der Waals surface area contributed by atoms with Crippen LogP contribution in [0.5, 0.6) is 5.75 Å². The molecule has 6 nitrogen and oxygen atoms in total. The van der Waals surface area contributed by atoms with Crippen LogP contribution in [0, 0.1) is 0 Å². The fraction of sp³-hybridized carbons (Fsp3) is 0.0769. The summed E-state index contributed by atoms with van der Waals surface area (Å²) in [5.41, 5.74) is 1.50. The molecule has 1 heterocycles. The highest BCUT2D eigenvalue weighted by atomic mass is 32.2.